The molecular formula is C12H13NO2. The number of methoxy groups -OCH3 is 2. The fourth-order valence-electron chi connectivity index (χ4n) is 1.47. The van der Waals surface area contributed by atoms with Crippen LogP contribution in [0.15, 0.2) is 42.7 Å². The highest BCUT2D eigenvalue weighted by atomic mass is 16.5. The Kier molecular flexibility index (Phi) is 2.63. The van der Waals surface area contributed by atoms with Gasteiger partial charge in [0.05, 0.1) is 26.6 Å². The molecule has 3 nitrogen and oxygen atoms in total. The van der Waals surface area contributed by atoms with Crippen molar-refractivity contribution in [1.29, 1.82) is 0 Å². The lowest BCUT2D eigenvalue weighted by molar-refractivity contribution is 0.358. The number of benzene rings is 1. The number of rotatable bonds is 3. The van der Waals surface area contributed by atoms with Gasteiger partial charge in [0.15, 0.2) is 11.5 Å². The van der Waals surface area contributed by atoms with E-state index in [1.54, 1.807) is 14.2 Å². The van der Waals surface area contributed by atoms with Gasteiger partial charge in [-0.1, -0.05) is 18.2 Å². The summed E-state index contributed by atoms with van der Waals surface area (Å²) < 4.78 is 12.4. The van der Waals surface area contributed by atoms with Gasteiger partial charge in [0.25, 0.3) is 0 Å². The van der Waals surface area contributed by atoms with Gasteiger partial charge in [-0.25, -0.2) is 0 Å². The second-order valence-corrected chi connectivity index (χ2v) is 3.14. The Morgan fingerprint density at radius 2 is 1.40 bits per heavy atom. The van der Waals surface area contributed by atoms with Crippen molar-refractivity contribution in [2.45, 2.75) is 0 Å². The van der Waals surface area contributed by atoms with Crippen LogP contribution in [0.5, 0.6) is 11.5 Å². The molecule has 2 rings (SSSR count). The maximum atomic E-state index is 5.19. The topological polar surface area (TPSA) is 23.4 Å². The molecular weight excluding hydrogens is 190 g/mol. The molecule has 0 aliphatic heterocycles. The minimum Gasteiger partial charge on any atom is -0.491 e. The summed E-state index contributed by atoms with van der Waals surface area (Å²) in [5, 5.41) is 0. The summed E-state index contributed by atoms with van der Waals surface area (Å²) >= 11 is 0. The number of nitrogens with zero attached hydrogens (tertiary/aromatic N) is 1. The zero-order valence-electron chi connectivity index (χ0n) is 8.81. The molecule has 1 aromatic heterocycles. The van der Waals surface area contributed by atoms with Gasteiger partial charge in [0.1, 0.15) is 0 Å². The number of ether oxygens (including phenoxy) is 2. The van der Waals surface area contributed by atoms with Crippen molar-refractivity contribution in [2.24, 2.45) is 0 Å². The molecule has 3 heteroatoms. The van der Waals surface area contributed by atoms with Gasteiger partial charge in [-0.2, -0.15) is 0 Å². The fourth-order valence-corrected chi connectivity index (χ4v) is 1.47. The first-order valence-corrected chi connectivity index (χ1v) is 4.70. The zero-order valence-corrected chi connectivity index (χ0v) is 8.81. The quantitative estimate of drug-likeness (QED) is 0.765. The highest BCUT2D eigenvalue weighted by Gasteiger charge is 2.07. The maximum absolute atomic E-state index is 5.19. The standard InChI is InChI=1S/C12H13NO2/c1-14-11-8-13(9-12(11)15-2)10-6-4-3-5-7-10/h3-9H,1-2H3. The van der Waals surface area contributed by atoms with Crippen LogP contribution >= 0.6 is 0 Å². The Morgan fingerprint density at radius 3 is 1.87 bits per heavy atom. The van der Waals surface area contributed by atoms with Crippen molar-refractivity contribution < 1.29 is 9.47 Å². The van der Waals surface area contributed by atoms with Crippen molar-refractivity contribution in [1.82, 2.24) is 4.57 Å². The van der Waals surface area contributed by atoms with Crippen molar-refractivity contribution in [2.75, 3.05) is 14.2 Å². The molecule has 0 amide bonds. The summed E-state index contributed by atoms with van der Waals surface area (Å²) in [6.45, 7) is 0. The minimum absolute atomic E-state index is 0.737. The van der Waals surface area contributed by atoms with Crippen LogP contribution in [-0.4, -0.2) is 18.8 Å². The second-order valence-electron chi connectivity index (χ2n) is 3.14. The summed E-state index contributed by atoms with van der Waals surface area (Å²) in [5.74, 6) is 1.47. The third kappa shape index (κ3) is 1.81. The molecule has 0 aliphatic carbocycles. The SMILES string of the molecule is COc1cn(-c2ccccc2)cc1OC. The Hall–Kier alpha value is -1.90. The normalized spacial score (nSPS) is 10.0. The monoisotopic (exact) mass is 203 g/mol. The molecule has 0 unspecified atom stereocenters. The molecule has 78 valence electrons. The predicted molar refractivity (Wildman–Crippen MR) is 58.9 cm³/mol. The molecule has 0 atom stereocenters. The molecule has 0 radical (unpaired) electrons. The highest BCUT2D eigenvalue weighted by Crippen LogP contribution is 2.29. The lowest BCUT2D eigenvalue weighted by Gasteiger charge is -2.00. The van der Waals surface area contributed by atoms with Crippen LogP contribution in [0.2, 0.25) is 0 Å². The Morgan fingerprint density at radius 1 is 0.867 bits per heavy atom. The third-order valence-electron chi connectivity index (χ3n) is 2.25. The molecule has 0 N–H and O–H groups in total. The summed E-state index contributed by atoms with van der Waals surface area (Å²) in [4.78, 5) is 0. The van der Waals surface area contributed by atoms with E-state index in [2.05, 4.69) is 0 Å². The lowest BCUT2D eigenvalue weighted by Crippen LogP contribution is -1.88. The van der Waals surface area contributed by atoms with Crippen molar-refractivity contribution >= 4 is 0 Å². The van der Waals surface area contributed by atoms with Crippen LogP contribution < -0.4 is 9.47 Å². The van der Waals surface area contributed by atoms with E-state index in [-0.39, 0.29) is 0 Å². The number of hydrogen-bond donors (Lipinski definition) is 0. The zero-order chi connectivity index (χ0) is 10.7. The summed E-state index contributed by atoms with van der Waals surface area (Å²) in [6, 6.07) is 10.0. The summed E-state index contributed by atoms with van der Waals surface area (Å²) in [7, 11) is 3.26. The van der Waals surface area contributed by atoms with Gasteiger partial charge in [-0.05, 0) is 12.1 Å². The molecule has 0 spiro atoms. The minimum atomic E-state index is 0.737. The molecule has 0 aliphatic rings. The highest BCUT2D eigenvalue weighted by molar-refractivity contribution is 5.44. The average molecular weight is 203 g/mol. The maximum Gasteiger partial charge on any atom is 0.178 e. The second kappa shape index (κ2) is 4.09. The van der Waals surface area contributed by atoms with Crippen LogP contribution in [0.25, 0.3) is 5.69 Å². The Bertz CT molecular complexity index is 413. The summed E-state index contributed by atoms with van der Waals surface area (Å²) in [5.41, 5.74) is 1.08. The molecule has 0 saturated heterocycles. The van der Waals surface area contributed by atoms with Crippen LogP contribution in [0.1, 0.15) is 0 Å². The molecule has 1 heterocycles. The van der Waals surface area contributed by atoms with Gasteiger partial charge in [-0.15, -0.1) is 0 Å². The average Bonchev–Trinajstić information content (AvgIpc) is 2.73. The molecule has 2 aromatic rings. The van der Waals surface area contributed by atoms with Gasteiger partial charge in [0.2, 0.25) is 0 Å². The number of hydrogen-bond acceptors (Lipinski definition) is 2. The van der Waals surface area contributed by atoms with E-state index in [1.165, 1.54) is 0 Å². The van der Waals surface area contributed by atoms with Crippen molar-refractivity contribution in [3.05, 3.63) is 42.7 Å². The first-order chi connectivity index (χ1) is 7.35. The number of aromatic nitrogens is 1. The van der Waals surface area contributed by atoms with Gasteiger partial charge >= 0.3 is 0 Å². The van der Waals surface area contributed by atoms with Crippen LogP contribution in [0, 0.1) is 0 Å². The van der Waals surface area contributed by atoms with E-state index >= 15 is 0 Å². The van der Waals surface area contributed by atoms with Gasteiger partial charge in [0, 0.05) is 5.69 Å². The summed E-state index contributed by atoms with van der Waals surface area (Å²) in [6.07, 6.45) is 3.79. The Labute approximate surface area is 88.9 Å². The van der Waals surface area contributed by atoms with Crippen LogP contribution in [0.3, 0.4) is 0 Å². The van der Waals surface area contributed by atoms with Gasteiger partial charge in [-0.3, -0.25) is 0 Å². The largest absolute Gasteiger partial charge is 0.491 e. The molecule has 15 heavy (non-hydrogen) atoms. The van der Waals surface area contributed by atoms with E-state index < -0.39 is 0 Å². The van der Waals surface area contributed by atoms with E-state index in [1.807, 2.05) is 47.3 Å². The smallest absolute Gasteiger partial charge is 0.178 e. The molecule has 0 fully saturated rings. The molecule has 1 aromatic carbocycles. The Balaban J connectivity index is 2.42. The number of para-hydroxylation sites is 1. The first-order valence-electron chi connectivity index (χ1n) is 4.70. The van der Waals surface area contributed by atoms with E-state index in [0.29, 0.717) is 0 Å². The molecule has 0 saturated carbocycles. The van der Waals surface area contributed by atoms with Crippen LogP contribution in [-0.2, 0) is 0 Å². The van der Waals surface area contributed by atoms with Crippen molar-refractivity contribution in [3.8, 4) is 17.2 Å². The van der Waals surface area contributed by atoms with E-state index in [4.69, 9.17) is 9.47 Å². The van der Waals surface area contributed by atoms with Crippen LogP contribution in [0.4, 0.5) is 0 Å². The lowest BCUT2D eigenvalue weighted by atomic mass is 10.3. The fraction of sp³-hybridized carbons (Fsp3) is 0.167. The predicted octanol–water partition coefficient (Wildman–Crippen LogP) is 2.49. The third-order valence-corrected chi connectivity index (χ3v) is 2.25. The van der Waals surface area contributed by atoms with E-state index in [9.17, 15) is 0 Å². The van der Waals surface area contributed by atoms with Crippen molar-refractivity contribution in [3.63, 3.8) is 0 Å². The first kappa shape index (κ1) is 9.65. The van der Waals surface area contributed by atoms with Gasteiger partial charge < -0.3 is 14.0 Å². The molecule has 0 bridgehead atoms. The van der Waals surface area contributed by atoms with E-state index in [0.717, 1.165) is 17.2 Å².